The van der Waals surface area contributed by atoms with E-state index >= 15 is 0 Å². The Labute approximate surface area is 78.3 Å². The van der Waals surface area contributed by atoms with Gasteiger partial charge < -0.3 is 0 Å². The second-order valence-electron chi connectivity index (χ2n) is 2.56. The van der Waals surface area contributed by atoms with Crippen LogP contribution >= 0.6 is 11.3 Å². The van der Waals surface area contributed by atoms with Crippen molar-refractivity contribution in [2.45, 2.75) is 6.92 Å². The Bertz CT molecular complexity index is 454. The maximum Gasteiger partial charge on any atom is 0.264 e. The van der Waals surface area contributed by atoms with Gasteiger partial charge in [0.25, 0.3) is 5.56 Å². The number of hydrogen-bond acceptors (Lipinski definition) is 4. The van der Waals surface area contributed by atoms with Gasteiger partial charge in [0.1, 0.15) is 11.4 Å². The molecule has 66 valence electrons. The average Bonchev–Trinajstić information content (AvgIpc) is 2.53. The van der Waals surface area contributed by atoms with E-state index in [1.54, 1.807) is 17.4 Å². The number of thiazole rings is 1. The normalized spacial score (nSPS) is 10.2. The minimum Gasteiger partial charge on any atom is -0.268 e. The molecule has 0 aliphatic carbocycles. The van der Waals surface area contributed by atoms with Gasteiger partial charge in [-0.2, -0.15) is 5.10 Å². The molecule has 1 N–H and O–H groups in total. The number of aryl methyl sites for hydroxylation is 1. The zero-order chi connectivity index (χ0) is 9.26. The highest BCUT2D eigenvalue weighted by molar-refractivity contribution is 7.09. The molecule has 0 spiro atoms. The van der Waals surface area contributed by atoms with Crippen LogP contribution in [0.1, 0.15) is 5.01 Å². The standard InChI is InChI=1S/C8H7N3OS/c1-5-9-7(4-13-5)6-2-3-8(12)11-10-6/h2-4H,1H3,(H,11,12). The summed E-state index contributed by atoms with van der Waals surface area (Å²) in [5.41, 5.74) is 1.30. The second-order valence-corrected chi connectivity index (χ2v) is 3.62. The Morgan fingerprint density at radius 3 is 2.77 bits per heavy atom. The summed E-state index contributed by atoms with van der Waals surface area (Å²) in [7, 11) is 0. The van der Waals surface area contributed by atoms with Gasteiger partial charge in [0.15, 0.2) is 0 Å². The van der Waals surface area contributed by atoms with E-state index in [9.17, 15) is 4.79 Å². The molecular formula is C8H7N3OS. The van der Waals surface area contributed by atoms with E-state index in [1.165, 1.54) is 6.07 Å². The summed E-state index contributed by atoms with van der Waals surface area (Å²) in [6.07, 6.45) is 0. The highest BCUT2D eigenvalue weighted by atomic mass is 32.1. The molecule has 2 aromatic heterocycles. The first kappa shape index (κ1) is 8.12. The van der Waals surface area contributed by atoms with Crippen LogP contribution in [-0.4, -0.2) is 15.2 Å². The van der Waals surface area contributed by atoms with Crippen molar-refractivity contribution in [3.63, 3.8) is 0 Å². The summed E-state index contributed by atoms with van der Waals surface area (Å²) in [5, 5.41) is 9.14. The first-order valence-corrected chi connectivity index (χ1v) is 4.62. The van der Waals surface area contributed by atoms with Gasteiger partial charge in [-0.15, -0.1) is 11.3 Å². The van der Waals surface area contributed by atoms with Gasteiger partial charge >= 0.3 is 0 Å². The summed E-state index contributed by atoms with van der Waals surface area (Å²) in [6.45, 7) is 1.93. The molecule has 0 unspecified atom stereocenters. The van der Waals surface area contributed by atoms with Crippen molar-refractivity contribution in [1.82, 2.24) is 15.2 Å². The first-order valence-electron chi connectivity index (χ1n) is 3.74. The molecule has 0 saturated carbocycles. The molecule has 2 rings (SSSR count). The van der Waals surface area contributed by atoms with Crippen LogP contribution in [0.4, 0.5) is 0 Å². The maximum absolute atomic E-state index is 10.7. The molecule has 13 heavy (non-hydrogen) atoms. The Kier molecular flexibility index (Phi) is 1.94. The maximum atomic E-state index is 10.7. The molecule has 0 saturated heterocycles. The van der Waals surface area contributed by atoms with Crippen molar-refractivity contribution in [1.29, 1.82) is 0 Å². The number of H-pyrrole nitrogens is 1. The van der Waals surface area contributed by atoms with Crippen molar-refractivity contribution in [2.24, 2.45) is 0 Å². The van der Waals surface area contributed by atoms with Crippen molar-refractivity contribution >= 4 is 11.3 Å². The average molecular weight is 193 g/mol. The predicted molar refractivity (Wildman–Crippen MR) is 50.7 cm³/mol. The number of aromatic nitrogens is 3. The third kappa shape index (κ3) is 1.65. The summed E-state index contributed by atoms with van der Waals surface area (Å²) in [6, 6.07) is 3.10. The van der Waals surface area contributed by atoms with Crippen molar-refractivity contribution in [3.05, 3.63) is 32.9 Å². The number of hydrogen-bond donors (Lipinski definition) is 1. The summed E-state index contributed by atoms with van der Waals surface area (Å²) >= 11 is 1.56. The summed E-state index contributed by atoms with van der Waals surface area (Å²) < 4.78 is 0. The van der Waals surface area contributed by atoms with Crippen LogP contribution in [0, 0.1) is 6.92 Å². The predicted octanol–water partition coefficient (Wildman–Crippen LogP) is 1.20. The smallest absolute Gasteiger partial charge is 0.264 e. The molecule has 0 aromatic carbocycles. The van der Waals surface area contributed by atoms with Gasteiger partial charge in [-0.3, -0.25) is 4.79 Å². The lowest BCUT2D eigenvalue weighted by molar-refractivity contribution is 0.989. The quantitative estimate of drug-likeness (QED) is 0.740. The fourth-order valence-electron chi connectivity index (χ4n) is 0.968. The molecule has 5 heteroatoms. The van der Waals surface area contributed by atoms with E-state index in [1.807, 2.05) is 12.3 Å². The minimum absolute atomic E-state index is 0.198. The first-order chi connectivity index (χ1) is 6.25. The van der Waals surface area contributed by atoms with Gasteiger partial charge in [-0.1, -0.05) is 0 Å². The molecule has 0 amide bonds. The van der Waals surface area contributed by atoms with E-state index in [4.69, 9.17) is 0 Å². The molecule has 0 atom stereocenters. The van der Waals surface area contributed by atoms with E-state index in [2.05, 4.69) is 15.2 Å². The van der Waals surface area contributed by atoms with Crippen LogP contribution in [0.3, 0.4) is 0 Å². The van der Waals surface area contributed by atoms with Crippen LogP contribution in [-0.2, 0) is 0 Å². The molecule has 0 aliphatic heterocycles. The van der Waals surface area contributed by atoms with Crippen LogP contribution < -0.4 is 5.56 Å². The topological polar surface area (TPSA) is 58.6 Å². The SMILES string of the molecule is Cc1nc(-c2ccc(=O)[nH]n2)cs1. The highest BCUT2D eigenvalue weighted by Gasteiger charge is 2.02. The lowest BCUT2D eigenvalue weighted by Crippen LogP contribution is -2.05. The number of aromatic amines is 1. The molecule has 0 bridgehead atoms. The zero-order valence-electron chi connectivity index (χ0n) is 6.94. The Hall–Kier alpha value is -1.49. The third-order valence-corrected chi connectivity index (χ3v) is 2.33. The van der Waals surface area contributed by atoms with Crippen molar-refractivity contribution in [3.8, 4) is 11.4 Å². The van der Waals surface area contributed by atoms with Gasteiger partial charge in [0.05, 0.1) is 5.01 Å². The Morgan fingerprint density at radius 2 is 2.23 bits per heavy atom. The fourth-order valence-corrected chi connectivity index (χ4v) is 1.57. The van der Waals surface area contributed by atoms with Crippen molar-refractivity contribution < 1.29 is 0 Å². The van der Waals surface area contributed by atoms with Gasteiger partial charge in [0, 0.05) is 11.4 Å². The largest absolute Gasteiger partial charge is 0.268 e. The van der Waals surface area contributed by atoms with E-state index in [0.29, 0.717) is 5.69 Å². The number of rotatable bonds is 1. The second kappa shape index (κ2) is 3.10. The lowest BCUT2D eigenvalue weighted by atomic mass is 10.3. The van der Waals surface area contributed by atoms with Crippen LogP contribution in [0.15, 0.2) is 22.3 Å². The molecular weight excluding hydrogens is 186 g/mol. The molecule has 4 nitrogen and oxygen atoms in total. The van der Waals surface area contributed by atoms with Gasteiger partial charge in [0.2, 0.25) is 0 Å². The highest BCUT2D eigenvalue weighted by Crippen LogP contribution is 2.17. The van der Waals surface area contributed by atoms with Crippen molar-refractivity contribution in [2.75, 3.05) is 0 Å². The molecule has 0 fully saturated rings. The number of nitrogens with zero attached hydrogens (tertiary/aromatic N) is 2. The van der Waals surface area contributed by atoms with Crippen LogP contribution in [0.2, 0.25) is 0 Å². The zero-order valence-corrected chi connectivity index (χ0v) is 7.76. The fraction of sp³-hybridized carbons (Fsp3) is 0.125. The third-order valence-electron chi connectivity index (χ3n) is 1.56. The number of nitrogens with one attached hydrogen (secondary N) is 1. The Balaban J connectivity index is 2.47. The van der Waals surface area contributed by atoms with E-state index < -0.39 is 0 Å². The minimum atomic E-state index is -0.198. The molecule has 2 aromatic rings. The van der Waals surface area contributed by atoms with Gasteiger partial charge in [-0.25, -0.2) is 10.1 Å². The monoisotopic (exact) mass is 193 g/mol. The van der Waals surface area contributed by atoms with E-state index in [-0.39, 0.29) is 5.56 Å². The molecule has 0 radical (unpaired) electrons. The lowest BCUT2D eigenvalue weighted by Gasteiger charge is -1.91. The molecule has 0 aliphatic rings. The van der Waals surface area contributed by atoms with Crippen LogP contribution in [0.5, 0.6) is 0 Å². The Morgan fingerprint density at radius 1 is 1.38 bits per heavy atom. The van der Waals surface area contributed by atoms with Crippen LogP contribution in [0.25, 0.3) is 11.4 Å². The molecule has 2 heterocycles. The van der Waals surface area contributed by atoms with Gasteiger partial charge in [-0.05, 0) is 13.0 Å². The summed E-state index contributed by atoms with van der Waals surface area (Å²) in [4.78, 5) is 15.0. The summed E-state index contributed by atoms with van der Waals surface area (Å²) in [5.74, 6) is 0. The van der Waals surface area contributed by atoms with E-state index in [0.717, 1.165) is 10.7 Å².